The minimum absolute atomic E-state index is 0.0208. The molecule has 0 aliphatic heterocycles. The first kappa shape index (κ1) is 17.2. The Bertz CT molecular complexity index is 895. The van der Waals surface area contributed by atoms with Gasteiger partial charge in [-0.2, -0.15) is 14.0 Å². The molecule has 0 atom stereocenters. The molecule has 24 heavy (non-hydrogen) atoms. The minimum Gasteiger partial charge on any atom is -0.435 e. The Labute approximate surface area is 135 Å². The quantitative estimate of drug-likeness (QED) is 0.885. The third-order valence-electron chi connectivity index (χ3n) is 3.38. The Morgan fingerprint density at radius 1 is 1.21 bits per heavy atom. The summed E-state index contributed by atoms with van der Waals surface area (Å²) in [5, 5.41) is 12.0. The van der Waals surface area contributed by atoms with E-state index in [2.05, 4.69) is 10.1 Å². The fraction of sp³-hybridized carbons (Fsp3) is 0.267. The minimum atomic E-state index is -2.90. The van der Waals surface area contributed by atoms with E-state index in [4.69, 9.17) is 5.26 Å². The summed E-state index contributed by atoms with van der Waals surface area (Å²) in [6.45, 7) is -2.72. The lowest BCUT2D eigenvalue weighted by atomic mass is 10.2. The van der Waals surface area contributed by atoms with Gasteiger partial charge in [-0.25, -0.2) is 4.79 Å². The lowest BCUT2D eigenvalue weighted by molar-refractivity contribution is -0.0498. The Morgan fingerprint density at radius 2 is 1.83 bits per heavy atom. The summed E-state index contributed by atoms with van der Waals surface area (Å²) >= 11 is 0. The number of halogens is 2. The predicted octanol–water partition coefficient (Wildman–Crippen LogP) is 1.17. The maximum absolute atomic E-state index is 12.1. The van der Waals surface area contributed by atoms with Crippen LogP contribution in [0.1, 0.15) is 11.1 Å². The van der Waals surface area contributed by atoms with Crippen molar-refractivity contribution in [2.24, 2.45) is 14.1 Å². The van der Waals surface area contributed by atoms with Gasteiger partial charge in [-0.1, -0.05) is 12.1 Å². The molecule has 0 bridgehead atoms. The van der Waals surface area contributed by atoms with Crippen LogP contribution < -0.4 is 21.3 Å². The van der Waals surface area contributed by atoms with Gasteiger partial charge in [0, 0.05) is 20.6 Å². The molecule has 1 N–H and O–H groups in total. The molecular formula is C15H14F2N4O3. The lowest BCUT2D eigenvalue weighted by Crippen LogP contribution is -2.39. The van der Waals surface area contributed by atoms with Crippen LogP contribution in [0, 0.1) is 11.3 Å². The van der Waals surface area contributed by atoms with Crippen LogP contribution in [0.3, 0.4) is 0 Å². The van der Waals surface area contributed by atoms with Crippen molar-refractivity contribution in [1.29, 1.82) is 5.26 Å². The van der Waals surface area contributed by atoms with Crippen molar-refractivity contribution in [3.8, 4) is 11.8 Å². The Balaban J connectivity index is 2.25. The van der Waals surface area contributed by atoms with Crippen molar-refractivity contribution in [3.63, 3.8) is 0 Å². The molecule has 0 aliphatic carbocycles. The molecule has 1 heterocycles. The van der Waals surface area contributed by atoms with Crippen molar-refractivity contribution in [1.82, 2.24) is 9.13 Å². The predicted molar refractivity (Wildman–Crippen MR) is 82.0 cm³/mol. The lowest BCUT2D eigenvalue weighted by Gasteiger charge is -2.14. The van der Waals surface area contributed by atoms with Gasteiger partial charge in [0.05, 0.1) is 0 Å². The van der Waals surface area contributed by atoms with E-state index in [1.807, 2.05) is 0 Å². The summed E-state index contributed by atoms with van der Waals surface area (Å²) < 4.78 is 30.4. The highest BCUT2D eigenvalue weighted by molar-refractivity contribution is 5.51. The maximum atomic E-state index is 12.1. The van der Waals surface area contributed by atoms with Gasteiger partial charge in [-0.3, -0.25) is 13.9 Å². The number of rotatable bonds is 5. The summed E-state index contributed by atoms with van der Waals surface area (Å²) in [4.78, 5) is 23.9. The van der Waals surface area contributed by atoms with Crippen LogP contribution >= 0.6 is 0 Å². The van der Waals surface area contributed by atoms with Crippen molar-refractivity contribution in [2.45, 2.75) is 13.2 Å². The molecule has 1 aromatic heterocycles. The van der Waals surface area contributed by atoms with Gasteiger partial charge >= 0.3 is 12.3 Å². The first-order valence-corrected chi connectivity index (χ1v) is 6.83. The number of anilines is 1. The Kier molecular flexibility index (Phi) is 4.99. The summed E-state index contributed by atoms with van der Waals surface area (Å²) in [6.07, 6.45) is 0. The van der Waals surface area contributed by atoms with E-state index in [9.17, 15) is 18.4 Å². The van der Waals surface area contributed by atoms with Gasteiger partial charge in [-0.05, 0) is 17.7 Å². The molecule has 0 saturated heterocycles. The average molecular weight is 336 g/mol. The Morgan fingerprint density at radius 3 is 2.38 bits per heavy atom. The van der Waals surface area contributed by atoms with Gasteiger partial charge in [0.25, 0.3) is 5.56 Å². The second-order valence-electron chi connectivity index (χ2n) is 4.92. The molecule has 0 saturated carbocycles. The molecule has 9 heteroatoms. The van der Waals surface area contributed by atoms with Crippen LogP contribution in [0.5, 0.6) is 5.75 Å². The monoisotopic (exact) mass is 336 g/mol. The van der Waals surface area contributed by atoms with Crippen LogP contribution in [0.4, 0.5) is 14.6 Å². The van der Waals surface area contributed by atoms with Gasteiger partial charge < -0.3 is 10.1 Å². The third-order valence-corrected chi connectivity index (χ3v) is 3.38. The zero-order valence-corrected chi connectivity index (χ0v) is 12.9. The summed E-state index contributed by atoms with van der Waals surface area (Å²) in [6, 6.07) is 7.63. The molecule has 0 fully saturated rings. The number of aromatic nitrogens is 2. The van der Waals surface area contributed by atoms with Gasteiger partial charge in [0.2, 0.25) is 0 Å². The highest BCUT2D eigenvalue weighted by Crippen LogP contribution is 2.16. The van der Waals surface area contributed by atoms with Crippen molar-refractivity contribution < 1.29 is 13.5 Å². The molecule has 1 aromatic carbocycles. The first-order valence-electron chi connectivity index (χ1n) is 6.83. The van der Waals surface area contributed by atoms with E-state index < -0.39 is 17.9 Å². The SMILES string of the molecule is Cn1c(NCc2ccc(OC(F)F)cc2)c(C#N)c(=O)n(C)c1=O. The molecule has 7 nitrogen and oxygen atoms in total. The molecule has 0 aliphatic rings. The van der Waals surface area contributed by atoms with Crippen LogP contribution in [0.15, 0.2) is 33.9 Å². The fourth-order valence-corrected chi connectivity index (χ4v) is 2.13. The molecule has 0 amide bonds. The second-order valence-corrected chi connectivity index (χ2v) is 4.92. The standard InChI is InChI=1S/C15H14F2N4O3/c1-20-12(11(7-18)13(22)21(2)15(20)23)19-8-9-3-5-10(6-4-9)24-14(16)17/h3-6,14,19H,8H2,1-2H3. The van der Waals surface area contributed by atoms with E-state index in [0.29, 0.717) is 5.56 Å². The van der Waals surface area contributed by atoms with Gasteiger partial charge in [0.1, 0.15) is 17.6 Å². The number of hydrogen-bond donors (Lipinski definition) is 1. The third kappa shape index (κ3) is 3.43. The summed E-state index contributed by atoms with van der Waals surface area (Å²) in [5.41, 5.74) is -0.753. The first-order chi connectivity index (χ1) is 11.3. The fourth-order valence-electron chi connectivity index (χ4n) is 2.13. The van der Waals surface area contributed by atoms with E-state index in [-0.39, 0.29) is 23.7 Å². The van der Waals surface area contributed by atoms with E-state index >= 15 is 0 Å². The van der Waals surface area contributed by atoms with E-state index in [0.717, 1.165) is 9.13 Å². The number of benzene rings is 1. The van der Waals surface area contributed by atoms with Crippen molar-refractivity contribution >= 4 is 5.82 Å². The van der Waals surface area contributed by atoms with E-state index in [1.54, 1.807) is 18.2 Å². The second kappa shape index (κ2) is 6.95. The van der Waals surface area contributed by atoms with Crippen LogP contribution in [-0.4, -0.2) is 15.7 Å². The van der Waals surface area contributed by atoms with Gasteiger partial charge in [-0.15, -0.1) is 0 Å². The van der Waals surface area contributed by atoms with Crippen LogP contribution in [0.25, 0.3) is 0 Å². The van der Waals surface area contributed by atoms with Crippen molar-refractivity contribution in [3.05, 3.63) is 56.2 Å². The van der Waals surface area contributed by atoms with E-state index in [1.165, 1.54) is 26.2 Å². The van der Waals surface area contributed by atoms with Crippen LogP contribution in [0.2, 0.25) is 0 Å². The molecule has 126 valence electrons. The normalized spacial score (nSPS) is 10.5. The summed E-state index contributed by atoms with van der Waals surface area (Å²) in [7, 11) is 2.72. The number of nitriles is 1. The summed E-state index contributed by atoms with van der Waals surface area (Å²) in [5.74, 6) is 0.117. The smallest absolute Gasteiger partial charge is 0.387 e. The number of alkyl halides is 2. The highest BCUT2D eigenvalue weighted by Gasteiger charge is 2.15. The van der Waals surface area contributed by atoms with Crippen molar-refractivity contribution in [2.75, 3.05) is 5.32 Å². The topological polar surface area (TPSA) is 89.1 Å². The Hall–Kier alpha value is -3.15. The van der Waals surface area contributed by atoms with Crippen LogP contribution in [-0.2, 0) is 20.6 Å². The molecule has 2 aromatic rings. The molecule has 0 unspecified atom stereocenters. The molecular weight excluding hydrogens is 322 g/mol. The molecule has 0 spiro atoms. The number of hydrogen-bond acceptors (Lipinski definition) is 5. The highest BCUT2D eigenvalue weighted by atomic mass is 19.3. The average Bonchev–Trinajstić information content (AvgIpc) is 2.56. The zero-order valence-electron chi connectivity index (χ0n) is 12.9. The number of ether oxygens (including phenoxy) is 1. The molecule has 2 rings (SSSR count). The van der Waals surface area contributed by atoms with Gasteiger partial charge in [0.15, 0.2) is 5.56 Å². The number of nitrogens with one attached hydrogen (secondary N) is 1. The number of nitrogens with zero attached hydrogens (tertiary/aromatic N) is 3. The molecule has 0 radical (unpaired) electrons. The maximum Gasteiger partial charge on any atom is 0.387 e. The zero-order chi connectivity index (χ0) is 17.9. The largest absolute Gasteiger partial charge is 0.435 e.